The van der Waals surface area contributed by atoms with Gasteiger partial charge in [0.25, 0.3) is 11.7 Å². The Kier molecular flexibility index (Phi) is 6.38. The first-order chi connectivity index (χ1) is 16.7. The van der Waals surface area contributed by atoms with Gasteiger partial charge in [-0.2, -0.15) is 0 Å². The number of Topliss-reactive ketones (excluding diaryl/α,β-unsaturated/α-hetero) is 1. The fourth-order valence-corrected chi connectivity index (χ4v) is 4.30. The molecule has 0 saturated carbocycles. The standard InChI is InChI=1S/C27H25N3O5/c1-15-12-22(35-4)16(2)11-21(15)25(32)23-24(18-7-6-10-28-14-18)30(27(34)26(23)33)20-9-5-8-19(13-20)29-17(3)31/h5-14,24,32H,1-4H3,(H,29,31)/b25-23+. The quantitative estimate of drug-likeness (QED) is 0.326. The molecule has 2 heterocycles. The number of aryl methyl sites for hydroxylation is 2. The molecular formula is C27H25N3O5. The number of aliphatic hydroxyl groups is 1. The molecule has 178 valence electrons. The van der Waals surface area contributed by atoms with Gasteiger partial charge < -0.3 is 15.2 Å². The van der Waals surface area contributed by atoms with Gasteiger partial charge in [-0.25, -0.2) is 0 Å². The van der Waals surface area contributed by atoms with Gasteiger partial charge in [-0.1, -0.05) is 12.1 Å². The number of ether oxygens (including phenoxy) is 1. The van der Waals surface area contributed by atoms with E-state index in [-0.39, 0.29) is 17.2 Å². The Bertz CT molecular complexity index is 1360. The van der Waals surface area contributed by atoms with E-state index < -0.39 is 17.7 Å². The molecule has 0 bridgehead atoms. The Hall–Kier alpha value is -4.46. The molecule has 2 amide bonds. The van der Waals surface area contributed by atoms with Crippen LogP contribution in [0.15, 0.2) is 66.5 Å². The van der Waals surface area contributed by atoms with Crippen LogP contribution >= 0.6 is 0 Å². The van der Waals surface area contributed by atoms with Crippen LogP contribution in [0.5, 0.6) is 5.75 Å². The van der Waals surface area contributed by atoms with E-state index in [1.165, 1.54) is 11.8 Å². The van der Waals surface area contributed by atoms with Crippen molar-refractivity contribution >= 4 is 34.7 Å². The molecule has 2 aromatic carbocycles. The zero-order chi connectivity index (χ0) is 25.3. The van der Waals surface area contributed by atoms with Crippen molar-refractivity contribution in [3.05, 3.63) is 88.8 Å². The van der Waals surface area contributed by atoms with Crippen LogP contribution in [-0.4, -0.2) is 34.8 Å². The minimum atomic E-state index is -0.918. The predicted molar refractivity (Wildman–Crippen MR) is 132 cm³/mol. The van der Waals surface area contributed by atoms with E-state index >= 15 is 0 Å². The molecule has 0 spiro atoms. The Morgan fingerprint density at radius 3 is 2.51 bits per heavy atom. The van der Waals surface area contributed by atoms with Crippen molar-refractivity contribution in [3.63, 3.8) is 0 Å². The third-order valence-electron chi connectivity index (χ3n) is 5.89. The Labute approximate surface area is 202 Å². The van der Waals surface area contributed by atoms with Crippen molar-refractivity contribution in [2.24, 2.45) is 0 Å². The lowest BCUT2D eigenvalue weighted by Crippen LogP contribution is -2.29. The molecule has 4 rings (SSSR count). The molecule has 1 aliphatic rings. The largest absolute Gasteiger partial charge is 0.507 e. The van der Waals surface area contributed by atoms with Gasteiger partial charge in [0.15, 0.2) is 0 Å². The van der Waals surface area contributed by atoms with Crippen LogP contribution in [0.25, 0.3) is 5.76 Å². The second-order valence-electron chi connectivity index (χ2n) is 8.32. The highest BCUT2D eigenvalue weighted by atomic mass is 16.5. The summed E-state index contributed by atoms with van der Waals surface area (Å²) in [5.41, 5.74) is 3.28. The summed E-state index contributed by atoms with van der Waals surface area (Å²) in [6.07, 6.45) is 3.14. The van der Waals surface area contributed by atoms with E-state index in [0.717, 1.165) is 5.56 Å². The van der Waals surface area contributed by atoms with Crippen LogP contribution in [0.3, 0.4) is 0 Å². The number of nitrogens with zero attached hydrogens (tertiary/aromatic N) is 2. The number of aliphatic hydroxyl groups excluding tert-OH is 1. The summed E-state index contributed by atoms with van der Waals surface area (Å²) < 4.78 is 5.36. The van der Waals surface area contributed by atoms with E-state index in [4.69, 9.17) is 4.74 Å². The number of aromatic nitrogens is 1. The maximum absolute atomic E-state index is 13.3. The van der Waals surface area contributed by atoms with Crippen LogP contribution in [0, 0.1) is 13.8 Å². The summed E-state index contributed by atoms with van der Waals surface area (Å²) in [6, 6.07) is 12.7. The number of ketones is 1. The summed E-state index contributed by atoms with van der Waals surface area (Å²) in [7, 11) is 1.56. The molecule has 1 saturated heterocycles. The number of amides is 2. The zero-order valence-corrected chi connectivity index (χ0v) is 19.8. The van der Waals surface area contributed by atoms with Gasteiger partial charge in [-0.05, 0) is 66.9 Å². The molecule has 1 unspecified atom stereocenters. The van der Waals surface area contributed by atoms with Crippen molar-refractivity contribution in [2.75, 3.05) is 17.3 Å². The highest BCUT2D eigenvalue weighted by Crippen LogP contribution is 2.43. The number of rotatable bonds is 5. The number of hydrogen-bond acceptors (Lipinski definition) is 6. The Morgan fingerprint density at radius 1 is 1.09 bits per heavy atom. The Morgan fingerprint density at radius 2 is 1.86 bits per heavy atom. The number of carbonyl (C=O) groups is 3. The molecule has 8 nitrogen and oxygen atoms in total. The first-order valence-electron chi connectivity index (χ1n) is 11.0. The molecule has 1 atom stereocenters. The maximum Gasteiger partial charge on any atom is 0.300 e. The first-order valence-corrected chi connectivity index (χ1v) is 11.0. The molecule has 1 aromatic heterocycles. The number of hydrogen-bond donors (Lipinski definition) is 2. The maximum atomic E-state index is 13.3. The summed E-state index contributed by atoms with van der Waals surface area (Å²) in [6.45, 7) is 5.01. The molecule has 0 radical (unpaired) electrons. The van der Waals surface area contributed by atoms with Gasteiger partial charge in [0.1, 0.15) is 11.5 Å². The van der Waals surface area contributed by atoms with E-state index in [1.807, 2.05) is 6.92 Å². The fraction of sp³-hybridized carbons (Fsp3) is 0.185. The smallest absolute Gasteiger partial charge is 0.300 e. The van der Waals surface area contributed by atoms with E-state index in [1.54, 1.807) is 75.0 Å². The summed E-state index contributed by atoms with van der Waals surface area (Å²) in [4.78, 5) is 43.7. The van der Waals surface area contributed by atoms with Gasteiger partial charge in [0.2, 0.25) is 5.91 Å². The topological polar surface area (TPSA) is 109 Å². The normalized spacial score (nSPS) is 16.9. The molecule has 3 aromatic rings. The molecule has 35 heavy (non-hydrogen) atoms. The van der Waals surface area contributed by atoms with E-state index in [9.17, 15) is 19.5 Å². The fourth-order valence-electron chi connectivity index (χ4n) is 4.30. The summed E-state index contributed by atoms with van der Waals surface area (Å²) >= 11 is 0. The molecule has 8 heteroatoms. The van der Waals surface area contributed by atoms with Crippen molar-refractivity contribution in [2.45, 2.75) is 26.8 Å². The number of carbonyl (C=O) groups excluding carboxylic acids is 3. The van der Waals surface area contributed by atoms with Gasteiger partial charge in [0, 0.05) is 36.3 Å². The Balaban J connectivity index is 1.93. The number of nitrogens with one attached hydrogen (secondary N) is 1. The lowest BCUT2D eigenvalue weighted by molar-refractivity contribution is -0.132. The van der Waals surface area contributed by atoms with E-state index in [2.05, 4.69) is 10.3 Å². The SMILES string of the molecule is COc1cc(C)c(/C(O)=C2\C(=O)C(=O)N(c3cccc(NC(C)=O)c3)C2c2cccnc2)cc1C. The number of methoxy groups -OCH3 is 1. The van der Waals surface area contributed by atoms with Crippen molar-refractivity contribution in [1.29, 1.82) is 0 Å². The highest BCUT2D eigenvalue weighted by molar-refractivity contribution is 6.51. The zero-order valence-electron chi connectivity index (χ0n) is 19.8. The van der Waals surface area contributed by atoms with E-state index in [0.29, 0.717) is 33.8 Å². The van der Waals surface area contributed by atoms with Crippen LogP contribution in [-0.2, 0) is 14.4 Å². The second kappa shape index (κ2) is 9.42. The summed E-state index contributed by atoms with van der Waals surface area (Å²) in [5, 5.41) is 14.1. The minimum Gasteiger partial charge on any atom is -0.507 e. The van der Waals surface area contributed by atoms with Crippen molar-refractivity contribution < 1.29 is 24.2 Å². The molecule has 1 aliphatic heterocycles. The molecule has 0 aliphatic carbocycles. The number of pyridine rings is 1. The van der Waals surface area contributed by atoms with Gasteiger partial charge in [-0.3, -0.25) is 24.3 Å². The van der Waals surface area contributed by atoms with Gasteiger partial charge >= 0.3 is 0 Å². The molecular weight excluding hydrogens is 446 g/mol. The third kappa shape index (κ3) is 4.38. The number of benzene rings is 2. The van der Waals surface area contributed by atoms with Crippen LogP contribution in [0.4, 0.5) is 11.4 Å². The lowest BCUT2D eigenvalue weighted by Gasteiger charge is -2.25. The summed E-state index contributed by atoms with van der Waals surface area (Å²) in [5.74, 6) is -1.49. The molecule has 2 N–H and O–H groups in total. The van der Waals surface area contributed by atoms with Crippen molar-refractivity contribution in [3.8, 4) is 5.75 Å². The minimum absolute atomic E-state index is 0.0411. The average molecular weight is 472 g/mol. The average Bonchev–Trinajstić information content (AvgIpc) is 3.10. The molecule has 1 fully saturated rings. The van der Waals surface area contributed by atoms with Gasteiger partial charge in [0.05, 0.1) is 18.7 Å². The van der Waals surface area contributed by atoms with Crippen molar-refractivity contribution in [1.82, 2.24) is 4.98 Å². The lowest BCUT2D eigenvalue weighted by atomic mass is 9.93. The third-order valence-corrected chi connectivity index (χ3v) is 5.89. The highest BCUT2D eigenvalue weighted by Gasteiger charge is 2.47. The van der Waals surface area contributed by atoms with Crippen LogP contribution in [0.2, 0.25) is 0 Å². The van der Waals surface area contributed by atoms with Crippen LogP contribution < -0.4 is 15.0 Å². The monoisotopic (exact) mass is 471 g/mol. The first kappa shape index (κ1) is 23.7. The predicted octanol–water partition coefficient (Wildman–Crippen LogP) is 4.29. The second-order valence-corrected chi connectivity index (χ2v) is 8.32. The van der Waals surface area contributed by atoms with Crippen LogP contribution in [0.1, 0.15) is 35.2 Å². The van der Waals surface area contributed by atoms with Gasteiger partial charge in [-0.15, -0.1) is 0 Å². The number of anilines is 2.